The molecule has 2 heteroatoms. The fourth-order valence-corrected chi connectivity index (χ4v) is 1.55. The van der Waals surface area contributed by atoms with Crippen LogP contribution in [0.1, 0.15) is 33.1 Å². The first-order valence-corrected chi connectivity index (χ1v) is 4.75. The zero-order valence-electron chi connectivity index (χ0n) is 7.84. The Labute approximate surface area is 74.0 Å². The van der Waals surface area contributed by atoms with Crippen molar-refractivity contribution in [1.82, 2.24) is 5.32 Å². The predicted octanol–water partition coefficient (Wildman–Crippen LogP) is 1.87. The topological polar surface area (TPSA) is 29.1 Å². The van der Waals surface area contributed by atoms with Crippen molar-refractivity contribution in [1.29, 1.82) is 0 Å². The summed E-state index contributed by atoms with van der Waals surface area (Å²) < 4.78 is 0. The second kappa shape index (κ2) is 4.29. The zero-order valence-corrected chi connectivity index (χ0v) is 7.84. The normalized spacial score (nSPS) is 29.7. The molecule has 0 saturated carbocycles. The van der Waals surface area contributed by atoms with Gasteiger partial charge in [0.25, 0.3) is 0 Å². The average molecular weight is 167 g/mol. The monoisotopic (exact) mass is 167 g/mol. The standard InChI is InChI=1S/C10H17NO/c1-3-8-5-6-10(12)11-9(4-2)7-8/h5-6,8-9H,3-4,7H2,1-2H3,(H,11,12). The number of hydrogen-bond acceptors (Lipinski definition) is 1. The van der Waals surface area contributed by atoms with Crippen LogP contribution >= 0.6 is 0 Å². The number of carbonyl (C=O) groups excluding carboxylic acids is 1. The van der Waals surface area contributed by atoms with Crippen LogP contribution in [0.25, 0.3) is 0 Å². The summed E-state index contributed by atoms with van der Waals surface area (Å²) in [6.07, 6.45) is 6.95. The molecular formula is C10H17NO. The van der Waals surface area contributed by atoms with E-state index >= 15 is 0 Å². The second-order valence-corrected chi connectivity index (χ2v) is 3.38. The molecular weight excluding hydrogens is 150 g/mol. The minimum Gasteiger partial charge on any atom is -0.350 e. The van der Waals surface area contributed by atoms with Crippen molar-refractivity contribution in [3.05, 3.63) is 12.2 Å². The summed E-state index contributed by atoms with van der Waals surface area (Å²) in [5.74, 6) is 0.645. The van der Waals surface area contributed by atoms with Gasteiger partial charge in [0.1, 0.15) is 0 Å². The highest BCUT2D eigenvalue weighted by Gasteiger charge is 2.16. The lowest BCUT2D eigenvalue weighted by Crippen LogP contribution is -2.32. The van der Waals surface area contributed by atoms with Crippen LogP contribution < -0.4 is 5.32 Å². The van der Waals surface area contributed by atoms with E-state index in [9.17, 15) is 4.79 Å². The molecule has 1 aliphatic rings. The van der Waals surface area contributed by atoms with Crippen LogP contribution in [0.3, 0.4) is 0 Å². The molecule has 0 aromatic carbocycles. The highest BCUT2D eigenvalue weighted by Crippen LogP contribution is 2.16. The number of allylic oxidation sites excluding steroid dienone is 1. The fourth-order valence-electron chi connectivity index (χ4n) is 1.55. The zero-order chi connectivity index (χ0) is 8.97. The van der Waals surface area contributed by atoms with Gasteiger partial charge < -0.3 is 5.32 Å². The quantitative estimate of drug-likeness (QED) is 0.668. The third-order valence-corrected chi connectivity index (χ3v) is 2.47. The van der Waals surface area contributed by atoms with Crippen molar-refractivity contribution in [2.75, 3.05) is 0 Å². The molecule has 0 radical (unpaired) electrons. The number of rotatable bonds is 2. The first-order valence-electron chi connectivity index (χ1n) is 4.75. The van der Waals surface area contributed by atoms with Gasteiger partial charge in [-0.1, -0.05) is 19.9 Å². The smallest absolute Gasteiger partial charge is 0.243 e. The lowest BCUT2D eigenvalue weighted by molar-refractivity contribution is -0.117. The number of amides is 1. The van der Waals surface area contributed by atoms with Gasteiger partial charge in [0, 0.05) is 6.04 Å². The van der Waals surface area contributed by atoms with Gasteiger partial charge in [0.2, 0.25) is 5.91 Å². The van der Waals surface area contributed by atoms with E-state index in [4.69, 9.17) is 0 Å². The van der Waals surface area contributed by atoms with E-state index in [2.05, 4.69) is 19.2 Å². The summed E-state index contributed by atoms with van der Waals surface area (Å²) in [7, 11) is 0. The third kappa shape index (κ3) is 2.36. The molecule has 12 heavy (non-hydrogen) atoms. The first kappa shape index (κ1) is 9.30. The van der Waals surface area contributed by atoms with Gasteiger partial charge in [-0.15, -0.1) is 0 Å². The molecule has 0 bridgehead atoms. The van der Waals surface area contributed by atoms with E-state index in [1.165, 1.54) is 0 Å². The Balaban J connectivity index is 2.59. The molecule has 0 saturated heterocycles. The van der Waals surface area contributed by atoms with E-state index in [1.807, 2.05) is 6.08 Å². The number of hydrogen-bond donors (Lipinski definition) is 1. The lowest BCUT2D eigenvalue weighted by Gasteiger charge is -2.16. The van der Waals surface area contributed by atoms with Gasteiger partial charge in [-0.2, -0.15) is 0 Å². The maximum absolute atomic E-state index is 11.1. The Morgan fingerprint density at radius 2 is 2.25 bits per heavy atom. The van der Waals surface area contributed by atoms with Gasteiger partial charge in [-0.25, -0.2) is 0 Å². The van der Waals surface area contributed by atoms with Crippen LogP contribution in [0.15, 0.2) is 12.2 Å². The van der Waals surface area contributed by atoms with E-state index in [0.717, 1.165) is 19.3 Å². The Morgan fingerprint density at radius 3 is 2.83 bits per heavy atom. The minimum absolute atomic E-state index is 0.0674. The summed E-state index contributed by atoms with van der Waals surface area (Å²) in [4.78, 5) is 11.1. The largest absolute Gasteiger partial charge is 0.350 e. The molecule has 0 spiro atoms. The summed E-state index contributed by atoms with van der Waals surface area (Å²) in [6.45, 7) is 4.28. The molecule has 1 aliphatic heterocycles. The molecule has 1 heterocycles. The number of nitrogens with one attached hydrogen (secondary N) is 1. The van der Waals surface area contributed by atoms with Gasteiger partial charge in [-0.05, 0) is 31.3 Å². The molecule has 0 fully saturated rings. The van der Waals surface area contributed by atoms with Crippen molar-refractivity contribution in [2.24, 2.45) is 5.92 Å². The van der Waals surface area contributed by atoms with Gasteiger partial charge >= 0.3 is 0 Å². The van der Waals surface area contributed by atoms with E-state index in [0.29, 0.717) is 12.0 Å². The van der Waals surface area contributed by atoms with Crippen LogP contribution in [0.2, 0.25) is 0 Å². The molecule has 2 atom stereocenters. The molecule has 0 aliphatic carbocycles. The van der Waals surface area contributed by atoms with Gasteiger partial charge in [0.05, 0.1) is 0 Å². The van der Waals surface area contributed by atoms with Crippen LogP contribution in [0.4, 0.5) is 0 Å². The maximum atomic E-state index is 11.1. The Bertz CT molecular complexity index is 186. The minimum atomic E-state index is 0.0674. The van der Waals surface area contributed by atoms with Crippen LogP contribution in [0, 0.1) is 5.92 Å². The third-order valence-electron chi connectivity index (χ3n) is 2.47. The molecule has 1 rings (SSSR count). The van der Waals surface area contributed by atoms with E-state index in [-0.39, 0.29) is 5.91 Å². The summed E-state index contributed by atoms with van der Waals surface area (Å²) in [5, 5.41) is 2.97. The van der Waals surface area contributed by atoms with Crippen molar-refractivity contribution in [3.63, 3.8) is 0 Å². The lowest BCUT2D eigenvalue weighted by atomic mass is 9.97. The fraction of sp³-hybridized carbons (Fsp3) is 0.700. The summed E-state index contributed by atoms with van der Waals surface area (Å²) in [5.41, 5.74) is 0. The van der Waals surface area contributed by atoms with E-state index in [1.54, 1.807) is 6.08 Å². The first-order chi connectivity index (χ1) is 5.76. The van der Waals surface area contributed by atoms with Crippen molar-refractivity contribution >= 4 is 5.91 Å². The molecule has 68 valence electrons. The van der Waals surface area contributed by atoms with E-state index < -0.39 is 0 Å². The summed E-state index contributed by atoms with van der Waals surface area (Å²) >= 11 is 0. The van der Waals surface area contributed by atoms with Crippen LogP contribution in [0.5, 0.6) is 0 Å². The molecule has 1 N–H and O–H groups in total. The Hall–Kier alpha value is -0.790. The summed E-state index contributed by atoms with van der Waals surface area (Å²) in [6, 6.07) is 0.373. The molecule has 2 nitrogen and oxygen atoms in total. The predicted molar refractivity (Wildman–Crippen MR) is 49.8 cm³/mol. The van der Waals surface area contributed by atoms with Crippen molar-refractivity contribution in [3.8, 4) is 0 Å². The highest BCUT2D eigenvalue weighted by atomic mass is 16.1. The molecule has 1 amide bonds. The second-order valence-electron chi connectivity index (χ2n) is 3.38. The molecule has 2 unspecified atom stereocenters. The number of carbonyl (C=O) groups is 1. The van der Waals surface area contributed by atoms with Crippen LogP contribution in [-0.2, 0) is 4.79 Å². The van der Waals surface area contributed by atoms with Crippen molar-refractivity contribution in [2.45, 2.75) is 39.2 Å². The highest BCUT2D eigenvalue weighted by molar-refractivity contribution is 5.88. The molecule has 0 aromatic rings. The molecule has 0 aromatic heterocycles. The Kier molecular flexibility index (Phi) is 3.32. The van der Waals surface area contributed by atoms with Crippen molar-refractivity contribution < 1.29 is 4.79 Å². The van der Waals surface area contributed by atoms with Gasteiger partial charge in [0.15, 0.2) is 0 Å². The maximum Gasteiger partial charge on any atom is 0.243 e. The van der Waals surface area contributed by atoms with Gasteiger partial charge in [-0.3, -0.25) is 4.79 Å². The SMILES string of the molecule is CCC1C=CC(=O)NC(CC)C1. The van der Waals surface area contributed by atoms with Crippen LogP contribution in [-0.4, -0.2) is 11.9 Å². The Morgan fingerprint density at radius 1 is 1.50 bits per heavy atom. The average Bonchev–Trinajstić information content (AvgIpc) is 2.26.